The number of amides is 1. The Kier molecular flexibility index (Phi) is 21.0. The molecule has 6 aliphatic rings. The number of aliphatic hydroxyl groups excluding tert-OH is 2. The molecule has 1 amide bonds. The Bertz CT molecular complexity index is 2100. The van der Waals surface area contributed by atoms with Crippen LogP contribution < -0.4 is 5.06 Å². The molecule has 0 unspecified atom stereocenters. The van der Waals surface area contributed by atoms with Gasteiger partial charge in [-0.15, -0.1) is 0 Å². The van der Waals surface area contributed by atoms with Crippen molar-refractivity contribution in [2.45, 2.75) is 205 Å². The van der Waals surface area contributed by atoms with E-state index >= 15 is 0 Å². The summed E-state index contributed by atoms with van der Waals surface area (Å²) in [5, 5.41) is 36.3. The fourth-order valence-electron chi connectivity index (χ4n) is 12.1. The van der Waals surface area contributed by atoms with Crippen molar-refractivity contribution in [3.05, 3.63) is 53.6 Å². The molecule has 408 valence electrons. The number of Topliss-reactive ketones (excluding diaryl/α,β-unsaturated/α-hetero) is 3. The standard InChI is InChI=1S/C57H86N2O14/c1-33-26-37(5)51(62)53(70-10)52(63)38(6)27-34(2)47(61)32-49(35(3)28-40-20-24-46(60)50(30-40)69-9)71-56(66)45-18-14-15-25-58(45)55(65)54(64)57(67)39(7)19-21-42(72-57)31-48(68-8)36(4)29-43-22-23-44(33)59(73-43)41-16-12-11-13-17-41/h11-13,16-17,27,29,33-35,37,39-40,42-46,48-50,52-53,60,63,67H,14-15,18-26,28,30-32H2,1-10H3/t33-,34+,35+,37+,39+,40-,42-,43+,44-,45-,46+,48-,49-,50+,52+,53-,57+/m0/s1. The van der Waals surface area contributed by atoms with E-state index in [1.165, 1.54) is 12.0 Å². The number of methoxy groups -OCH3 is 3. The van der Waals surface area contributed by atoms with Crippen molar-refractivity contribution in [1.82, 2.24) is 4.90 Å². The van der Waals surface area contributed by atoms with E-state index in [1.807, 2.05) is 62.2 Å². The summed E-state index contributed by atoms with van der Waals surface area (Å²) in [6, 6.07) is 8.56. The number of hydroxylamine groups is 1. The summed E-state index contributed by atoms with van der Waals surface area (Å²) in [5.41, 5.74) is 2.11. The van der Waals surface area contributed by atoms with Gasteiger partial charge in [0.15, 0.2) is 5.78 Å². The second kappa shape index (κ2) is 26.3. The number of nitrogens with zero attached hydrogens (tertiary/aromatic N) is 2. The number of carbonyl (C=O) groups excluding carboxylic acids is 5. The Morgan fingerprint density at radius 1 is 0.808 bits per heavy atom. The van der Waals surface area contributed by atoms with Gasteiger partial charge in [0.1, 0.15) is 36.2 Å². The van der Waals surface area contributed by atoms with Gasteiger partial charge in [-0.05, 0) is 132 Å². The highest BCUT2D eigenvalue weighted by atomic mass is 16.7. The van der Waals surface area contributed by atoms with Crippen LogP contribution >= 0.6 is 0 Å². The van der Waals surface area contributed by atoms with Crippen molar-refractivity contribution in [3.8, 4) is 0 Å². The van der Waals surface area contributed by atoms with Gasteiger partial charge in [-0.2, -0.15) is 0 Å². The predicted octanol–water partition coefficient (Wildman–Crippen LogP) is 7.04. The minimum Gasteiger partial charge on any atom is -0.460 e. The molecule has 16 nitrogen and oxygen atoms in total. The molecule has 5 heterocycles. The molecule has 0 spiro atoms. The molecular formula is C57H86N2O14. The number of esters is 1. The zero-order chi connectivity index (χ0) is 53.3. The maximum atomic E-state index is 14.5. The molecule has 73 heavy (non-hydrogen) atoms. The highest BCUT2D eigenvalue weighted by Crippen LogP contribution is 2.39. The zero-order valence-electron chi connectivity index (χ0n) is 45.1. The number of carbonyl (C=O) groups is 5. The Morgan fingerprint density at radius 2 is 1.53 bits per heavy atom. The van der Waals surface area contributed by atoms with Gasteiger partial charge in [0.2, 0.25) is 5.79 Å². The number of hydrogen-bond acceptors (Lipinski definition) is 15. The topological polar surface area (TPSA) is 208 Å². The fraction of sp³-hybridized carbons (Fsp3) is 0.737. The Balaban J connectivity index is 1.34. The molecule has 0 aromatic heterocycles. The van der Waals surface area contributed by atoms with Crippen LogP contribution in [0.4, 0.5) is 5.69 Å². The summed E-state index contributed by atoms with van der Waals surface area (Å²) in [6.45, 7) is 12.9. The molecule has 1 aromatic carbocycles. The molecule has 1 aromatic rings. The van der Waals surface area contributed by atoms with E-state index in [0.717, 1.165) is 17.7 Å². The summed E-state index contributed by atoms with van der Waals surface area (Å²) in [6.07, 6.45) is 4.36. The SMILES string of the molecule is CO[C@H]1C[C@@H]2CC[C@@H](C)[C@@](O)(O2)C(=O)C(=O)N2CCCC[C@H]2C(=O)O[C@H]([C@H](C)C[C@@H]2CC[C@@H](O)[C@H](OC)C2)CC(=O)[C@H](C)C=C(C)[C@@H](O)[C@@H](OC)C(=O)[C@H](C)C[C@H](C)[C@@H]2CC[C@H](C=C1C)ON2c1ccccc1. The monoisotopic (exact) mass is 1020 g/mol. The molecule has 1 aliphatic carbocycles. The maximum Gasteiger partial charge on any atom is 0.329 e. The summed E-state index contributed by atoms with van der Waals surface area (Å²) in [5.74, 6) is -8.21. The first-order valence-corrected chi connectivity index (χ1v) is 27.1. The third kappa shape index (κ3) is 14.1. The van der Waals surface area contributed by atoms with Gasteiger partial charge < -0.3 is 43.9 Å². The van der Waals surface area contributed by atoms with Gasteiger partial charge in [0.25, 0.3) is 11.7 Å². The maximum absolute atomic E-state index is 14.5. The van der Waals surface area contributed by atoms with E-state index in [-0.39, 0.29) is 73.4 Å². The van der Waals surface area contributed by atoms with E-state index in [9.17, 15) is 39.3 Å². The van der Waals surface area contributed by atoms with Crippen LogP contribution in [0.5, 0.6) is 0 Å². The van der Waals surface area contributed by atoms with Crippen molar-refractivity contribution < 1.29 is 67.8 Å². The number of allylic oxidation sites excluding steroid dienone is 1. The highest BCUT2D eigenvalue weighted by Gasteiger charge is 2.53. The number of piperidine rings is 1. The lowest BCUT2D eigenvalue weighted by molar-refractivity contribution is -0.265. The van der Waals surface area contributed by atoms with E-state index in [2.05, 4.69) is 6.92 Å². The molecule has 4 bridgehead atoms. The quantitative estimate of drug-likeness (QED) is 0.142. The minimum absolute atomic E-state index is 0.0349. The second-order valence-corrected chi connectivity index (χ2v) is 22.3. The van der Waals surface area contributed by atoms with Gasteiger partial charge in [-0.3, -0.25) is 29.1 Å². The zero-order valence-corrected chi connectivity index (χ0v) is 45.1. The third-order valence-corrected chi connectivity index (χ3v) is 16.9. The number of ether oxygens (including phenoxy) is 5. The van der Waals surface area contributed by atoms with Crippen molar-refractivity contribution in [2.75, 3.05) is 32.9 Å². The predicted molar refractivity (Wildman–Crippen MR) is 274 cm³/mol. The number of aliphatic hydroxyl groups is 3. The largest absolute Gasteiger partial charge is 0.460 e. The Labute approximate surface area is 433 Å². The van der Waals surface area contributed by atoms with Crippen LogP contribution in [0, 0.1) is 35.5 Å². The van der Waals surface area contributed by atoms with Crippen LogP contribution in [0.25, 0.3) is 0 Å². The number of ketones is 3. The number of rotatable bonds is 7. The molecule has 4 fully saturated rings. The van der Waals surface area contributed by atoms with Crippen LogP contribution in [-0.2, 0) is 52.5 Å². The first-order chi connectivity index (χ1) is 34.7. The average Bonchev–Trinajstić information content (AvgIpc) is 3.38. The van der Waals surface area contributed by atoms with E-state index < -0.39 is 83.9 Å². The van der Waals surface area contributed by atoms with Gasteiger partial charge in [-0.1, -0.05) is 65.0 Å². The van der Waals surface area contributed by atoms with E-state index in [4.69, 9.17) is 28.5 Å². The molecule has 17 atom stereocenters. The van der Waals surface area contributed by atoms with E-state index in [0.29, 0.717) is 69.8 Å². The van der Waals surface area contributed by atoms with Crippen molar-refractivity contribution in [1.29, 1.82) is 0 Å². The van der Waals surface area contributed by atoms with Crippen molar-refractivity contribution >= 4 is 34.9 Å². The lowest BCUT2D eigenvalue weighted by Gasteiger charge is -2.43. The number of fused-ring (bicyclic) bond motifs is 17. The number of benzene rings is 1. The lowest BCUT2D eigenvalue weighted by atomic mass is 9.78. The van der Waals surface area contributed by atoms with Crippen LogP contribution in [0.2, 0.25) is 0 Å². The summed E-state index contributed by atoms with van der Waals surface area (Å²) in [4.78, 5) is 79.9. The molecule has 5 aliphatic heterocycles. The normalized spacial score (nSPS) is 38.0. The van der Waals surface area contributed by atoms with Gasteiger partial charge >= 0.3 is 5.97 Å². The van der Waals surface area contributed by atoms with Gasteiger partial charge in [0, 0.05) is 58.5 Å². The van der Waals surface area contributed by atoms with Crippen molar-refractivity contribution in [2.24, 2.45) is 35.5 Å². The van der Waals surface area contributed by atoms with E-state index in [1.54, 1.807) is 41.1 Å². The summed E-state index contributed by atoms with van der Waals surface area (Å²) in [7, 11) is 4.56. The summed E-state index contributed by atoms with van der Waals surface area (Å²) >= 11 is 0. The first kappa shape index (κ1) is 58.4. The average molecular weight is 1020 g/mol. The van der Waals surface area contributed by atoms with Gasteiger partial charge in [-0.25, -0.2) is 4.79 Å². The minimum atomic E-state index is -2.46. The Morgan fingerprint density at radius 3 is 2.22 bits per heavy atom. The Hall–Kier alpha value is -3.87. The third-order valence-electron chi connectivity index (χ3n) is 16.9. The van der Waals surface area contributed by atoms with Crippen molar-refractivity contribution in [3.63, 3.8) is 0 Å². The van der Waals surface area contributed by atoms with Crippen LogP contribution in [0.3, 0.4) is 0 Å². The summed E-state index contributed by atoms with van der Waals surface area (Å²) < 4.78 is 29.9. The molecule has 3 saturated heterocycles. The smallest absolute Gasteiger partial charge is 0.329 e. The second-order valence-electron chi connectivity index (χ2n) is 22.3. The molecule has 7 rings (SSSR count). The van der Waals surface area contributed by atoms with Crippen LogP contribution in [0.15, 0.2) is 53.6 Å². The number of hydrogen-bond donors (Lipinski definition) is 3. The van der Waals surface area contributed by atoms with Crippen LogP contribution in [0.1, 0.15) is 138 Å². The highest BCUT2D eigenvalue weighted by molar-refractivity contribution is 6.39. The lowest BCUT2D eigenvalue weighted by Crippen LogP contribution is -2.61. The first-order valence-electron chi connectivity index (χ1n) is 27.1. The fourth-order valence-corrected chi connectivity index (χ4v) is 12.1. The number of anilines is 1. The molecule has 1 saturated carbocycles. The molecule has 0 radical (unpaired) electrons. The molecule has 3 N–H and O–H groups in total. The van der Waals surface area contributed by atoms with Crippen LogP contribution in [-0.4, -0.2) is 144 Å². The molecule has 16 heteroatoms. The van der Waals surface area contributed by atoms with Gasteiger partial charge in [0.05, 0.1) is 36.1 Å². The molecular weight excluding hydrogens is 937 g/mol. The number of para-hydroxylation sites is 1.